The summed E-state index contributed by atoms with van der Waals surface area (Å²) in [6.07, 6.45) is 4.41. The molecule has 7 aliphatic rings. The minimum Gasteiger partial charge on any atom is -0.508 e. The van der Waals surface area contributed by atoms with Crippen LogP contribution in [0.25, 0.3) is 0 Å². The van der Waals surface area contributed by atoms with Crippen molar-refractivity contribution in [2.24, 2.45) is 40.1 Å². The van der Waals surface area contributed by atoms with E-state index >= 15 is 0 Å². The van der Waals surface area contributed by atoms with Gasteiger partial charge in [0.25, 0.3) is 10.1 Å². The molecule has 6 heterocycles. The molecule has 9 N–H and O–H groups in total. The summed E-state index contributed by atoms with van der Waals surface area (Å²) in [4.78, 5) is 4.67. The number of benzene rings is 3. The summed E-state index contributed by atoms with van der Waals surface area (Å²) < 4.78 is 52.7. The number of nitrogens with zero attached hydrogens (tertiary/aromatic N) is 1. The van der Waals surface area contributed by atoms with Crippen LogP contribution in [0.2, 0.25) is 0 Å². The summed E-state index contributed by atoms with van der Waals surface area (Å²) in [7, 11) is -4.63. The van der Waals surface area contributed by atoms with Gasteiger partial charge >= 0.3 is 0 Å². The number of guanidine groups is 1. The van der Waals surface area contributed by atoms with Gasteiger partial charge in [0, 0.05) is 55.3 Å². The van der Waals surface area contributed by atoms with Crippen molar-refractivity contribution >= 4 is 16.1 Å². The highest BCUT2D eigenvalue weighted by molar-refractivity contribution is 7.86. The van der Waals surface area contributed by atoms with Crippen molar-refractivity contribution in [1.29, 1.82) is 0 Å². The van der Waals surface area contributed by atoms with Crippen LogP contribution in [0.1, 0.15) is 104 Å². The molecule has 12 nitrogen and oxygen atoms in total. The molecule has 1 fully saturated rings. The third-order valence-electron chi connectivity index (χ3n) is 12.7. The van der Waals surface area contributed by atoms with E-state index in [1.165, 1.54) is 0 Å². The fraction of sp³-hybridized carbons (Fsp3) is 0.489. The molecule has 3 aromatic carbocycles. The quantitative estimate of drug-likeness (QED) is 0.0480. The van der Waals surface area contributed by atoms with Crippen molar-refractivity contribution in [2.75, 3.05) is 19.8 Å². The van der Waals surface area contributed by atoms with E-state index in [0.717, 1.165) is 22.3 Å². The van der Waals surface area contributed by atoms with Crippen molar-refractivity contribution in [3.05, 3.63) is 106 Å². The van der Waals surface area contributed by atoms with E-state index in [1.807, 2.05) is 55.5 Å². The topological polar surface area (TPSA) is 218 Å². The van der Waals surface area contributed by atoms with Gasteiger partial charge in [-0.25, -0.2) is 4.99 Å². The molecular weight excluding hydrogens is 759 g/mol. The maximum Gasteiger partial charge on any atom is 0.268 e. The Balaban J connectivity index is 1.45. The minimum absolute atomic E-state index is 0.0643. The summed E-state index contributed by atoms with van der Waals surface area (Å²) in [5.41, 5.74) is 15.3. The van der Waals surface area contributed by atoms with Crippen LogP contribution < -0.4 is 16.2 Å². The summed E-state index contributed by atoms with van der Waals surface area (Å²) in [6.45, 7) is 1.53. The number of aromatic hydroxyl groups is 1. The number of rotatable bonds is 9. The highest BCUT2D eigenvalue weighted by Gasteiger charge is 2.48. The summed E-state index contributed by atoms with van der Waals surface area (Å²) >= 11 is 0. The maximum absolute atomic E-state index is 13.9. The standard InChI is InChI=1S/C45H55N3O9S/c1-2-29-23-41(58(53,54)55)40-22-34-19-33(21-38-18-27(25-50)4-3-5-32-20-36(52)12-15-39(32)43(34)56-38)42(40)31-6-10-35(11-7-31)45(48-44(46)47,24-28(26-51)16-17-49)57-37-13-8-30(29)9-14-37/h6-15,20,22,27-29,33,38,40-43,49-52H,2,4,16-19,21,23-26H2,1H3,(H4,46,47,48)(H,53,54,55)/t27-,28-,29+,33+,38-,40-,41-,42+,43-,45-/m1/s1. The molecular formula is C45H55N3O9S. The zero-order valence-corrected chi connectivity index (χ0v) is 33.6. The Bertz CT molecular complexity index is 2160. The van der Waals surface area contributed by atoms with E-state index < -0.39 is 39.0 Å². The van der Waals surface area contributed by atoms with E-state index in [0.29, 0.717) is 49.0 Å². The first-order chi connectivity index (χ1) is 27.8. The first-order valence-electron chi connectivity index (χ1n) is 20.3. The number of ether oxygens (including phenoxy) is 2. The number of aliphatic hydroxyl groups excluding tert-OH is 3. The molecule has 0 unspecified atom stereocenters. The molecule has 0 spiro atoms. The number of phenolic OH excluding ortho intramolecular Hbond substituents is 1. The number of aliphatic imine (C=N–C) groups is 1. The molecule has 0 aromatic heterocycles. The third kappa shape index (κ3) is 8.78. The Hall–Kier alpha value is -4.42. The molecule has 10 rings (SSSR count). The van der Waals surface area contributed by atoms with Gasteiger partial charge in [-0.15, -0.1) is 0 Å². The van der Waals surface area contributed by atoms with Gasteiger partial charge in [0.05, 0.1) is 11.4 Å². The lowest BCUT2D eigenvalue weighted by atomic mass is 9.65. The van der Waals surface area contributed by atoms with Gasteiger partial charge in [0.2, 0.25) is 5.72 Å². The number of allylic oxidation sites excluding steroid dienone is 1. The van der Waals surface area contributed by atoms with Gasteiger partial charge in [0.15, 0.2) is 5.96 Å². The van der Waals surface area contributed by atoms with Crippen LogP contribution in [0.15, 0.2) is 83.4 Å². The van der Waals surface area contributed by atoms with Crippen LogP contribution in [0.5, 0.6) is 11.5 Å². The fourth-order valence-corrected chi connectivity index (χ4v) is 11.1. The zero-order chi connectivity index (χ0) is 41.2. The lowest BCUT2D eigenvalue weighted by Crippen LogP contribution is -2.40. The van der Waals surface area contributed by atoms with E-state index in [4.69, 9.17) is 20.9 Å². The molecule has 58 heavy (non-hydrogen) atoms. The summed E-state index contributed by atoms with van der Waals surface area (Å²) in [5.74, 6) is 4.69. The zero-order valence-electron chi connectivity index (χ0n) is 32.8. The molecule has 13 heteroatoms. The second kappa shape index (κ2) is 17.4. The number of fused-ring (bicyclic) bond motifs is 7. The SMILES string of the molecule is CC[C@H]1C[C@@H](S(=O)(=O)O)[C@H]2C=C3C[C@@H](C[C@H]4C[C@H](CO)CC#Cc5cc(O)ccc5[C@@H]3O4)[C@@H]2c2ccc(cc2)[C@](C[C@H](CO)CCO)(N=C(N)N)Oc2ccc1cc2. The van der Waals surface area contributed by atoms with Crippen LogP contribution >= 0.6 is 0 Å². The predicted molar refractivity (Wildman–Crippen MR) is 220 cm³/mol. The summed E-state index contributed by atoms with van der Waals surface area (Å²) in [6, 6.07) is 20.0. The number of aliphatic hydroxyl groups is 3. The predicted octanol–water partition coefficient (Wildman–Crippen LogP) is 5.36. The average Bonchev–Trinajstić information content (AvgIpc) is 3.32. The average molecular weight is 814 g/mol. The normalized spacial score (nSPS) is 29.7. The number of phenols is 1. The Morgan fingerprint density at radius 3 is 2.40 bits per heavy atom. The Labute approximate surface area is 340 Å². The molecule has 0 radical (unpaired) electrons. The molecule has 0 amide bonds. The molecule has 310 valence electrons. The Morgan fingerprint density at radius 2 is 1.74 bits per heavy atom. The molecule has 6 aliphatic heterocycles. The third-order valence-corrected chi connectivity index (χ3v) is 14.0. The highest BCUT2D eigenvalue weighted by Crippen LogP contribution is 2.54. The second-order valence-corrected chi connectivity index (χ2v) is 18.2. The lowest BCUT2D eigenvalue weighted by Gasteiger charge is -2.41. The van der Waals surface area contributed by atoms with Gasteiger partial charge in [-0.05, 0) is 109 Å². The van der Waals surface area contributed by atoms with Crippen molar-refractivity contribution in [1.82, 2.24) is 0 Å². The second-order valence-electron chi connectivity index (χ2n) is 16.5. The van der Waals surface area contributed by atoms with Crippen molar-refractivity contribution in [3.8, 4) is 23.3 Å². The molecule has 0 saturated carbocycles. The Morgan fingerprint density at radius 1 is 1.00 bits per heavy atom. The maximum atomic E-state index is 13.9. The van der Waals surface area contributed by atoms with E-state index in [1.54, 1.807) is 24.3 Å². The lowest BCUT2D eigenvalue weighted by molar-refractivity contribution is -0.0131. The van der Waals surface area contributed by atoms with Gasteiger partial charge < -0.3 is 41.4 Å². The monoisotopic (exact) mass is 813 g/mol. The largest absolute Gasteiger partial charge is 0.508 e. The highest BCUT2D eigenvalue weighted by atomic mass is 32.2. The van der Waals surface area contributed by atoms with Crippen molar-refractivity contribution in [2.45, 2.75) is 93.3 Å². The van der Waals surface area contributed by atoms with Crippen LogP contribution in [0, 0.1) is 35.5 Å². The van der Waals surface area contributed by atoms with Crippen LogP contribution in [-0.4, -0.2) is 70.5 Å². The minimum atomic E-state index is -4.63. The molecule has 1 saturated heterocycles. The van der Waals surface area contributed by atoms with E-state index in [2.05, 4.69) is 16.8 Å². The number of nitrogens with two attached hydrogens (primary N) is 2. The fourth-order valence-electron chi connectivity index (χ4n) is 9.94. The molecule has 3 aromatic rings. The van der Waals surface area contributed by atoms with Crippen molar-refractivity contribution < 1.29 is 42.9 Å². The van der Waals surface area contributed by atoms with Crippen LogP contribution in [-0.2, 0) is 20.6 Å². The summed E-state index contributed by atoms with van der Waals surface area (Å²) in [5, 5.41) is 40.0. The van der Waals surface area contributed by atoms with Gasteiger partial charge in [-0.2, -0.15) is 8.42 Å². The van der Waals surface area contributed by atoms with Gasteiger partial charge in [-0.3, -0.25) is 4.55 Å². The first-order valence-corrected chi connectivity index (χ1v) is 21.8. The van der Waals surface area contributed by atoms with Crippen LogP contribution in [0.4, 0.5) is 0 Å². The number of hydrogen-bond acceptors (Lipinski definition) is 9. The van der Waals surface area contributed by atoms with Gasteiger partial charge in [0.1, 0.15) is 17.6 Å². The molecule has 10 atom stereocenters. The molecule has 8 bridgehead atoms. The molecule has 1 aliphatic carbocycles. The van der Waals surface area contributed by atoms with E-state index in [9.17, 15) is 33.4 Å². The van der Waals surface area contributed by atoms with Crippen molar-refractivity contribution in [3.63, 3.8) is 0 Å². The smallest absolute Gasteiger partial charge is 0.268 e. The van der Waals surface area contributed by atoms with Crippen LogP contribution in [0.3, 0.4) is 0 Å². The number of hydrogen-bond donors (Lipinski definition) is 7. The van der Waals surface area contributed by atoms with Gasteiger partial charge in [-0.1, -0.05) is 67.3 Å². The first kappa shape index (κ1) is 41.7. The van der Waals surface area contributed by atoms with E-state index in [-0.39, 0.29) is 80.6 Å². The Kier molecular flexibility index (Phi) is 12.5.